The van der Waals surface area contributed by atoms with Gasteiger partial charge in [-0.3, -0.25) is 24.0 Å². The Morgan fingerprint density at radius 3 is 2.04 bits per heavy atom. The van der Waals surface area contributed by atoms with Gasteiger partial charge in [-0.05, 0) is 49.8 Å². The summed E-state index contributed by atoms with van der Waals surface area (Å²) < 4.78 is 0. The molecule has 0 aliphatic rings. The summed E-state index contributed by atoms with van der Waals surface area (Å²) >= 11 is 0. The Hall–Kier alpha value is -4.71. The molecule has 45 heavy (non-hydrogen) atoms. The van der Waals surface area contributed by atoms with Crippen molar-refractivity contribution in [1.29, 1.82) is 0 Å². The largest absolute Gasteiger partial charge is 0.361 e. The summed E-state index contributed by atoms with van der Waals surface area (Å²) in [5.41, 5.74) is 8.71. The van der Waals surface area contributed by atoms with Crippen LogP contribution in [0.5, 0.6) is 0 Å². The fourth-order valence-electron chi connectivity index (χ4n) is 4.83. The third-order valence-corrected chi connectivity index (χ3v) is 7.03. The summed E-state index contributed by atoms with van der Waals surface area (Å²) in [5, 5.41) is 14.2. The third-order valence-electron chi connectivity index (χ3n) is 7.03. The third kappa shape index (κ3) is 11.4. The van der Waals surface area contributed by atoms with Crippen molar-refractivity contribution in [2.75, 3.05) is 13.1 Å². The molecule has 3 unspecified atom stereocenters. The number of fused-ring (bicyclic) bond motifs is 1. The van der Waals surface area contributed by atoms with Crippen LogP contribution in [0.25, 0.3) is 10.9 Å². The minimum atomic E-state index is -1.000. The first-order valence-corrected chi connectivity index (χ1v) is 15.2. The molecule has 0 fully saturated rings. The predicted molar refractivity (Wildman–Crippen MR) is 173 cm³/mol. The van der Waals surface area contributed by atoms with Crippen molar-refractivity contribution >= 4 is 40.4 Å². The topological polar surface area (TPSA) is 187 Å². The number of amides is 5. The summed E-state index contributed by atoms with van der Waals surface area (Å²) in [7, 11) is 0. The molecular weight excluding hydrogens is 574 g/mol. The second-order valence-electron chi connectivity index (χ2n) is 11.8. The van der Waals surface area contributed by atoms with Crippen molar-refractivity contribution in [2.24, 2.45) is 11.7 Å². The van der Waals surface area contributed by atoms with Gasteiger partial charge in [0, 0.05) is 29.6 Å². The highest BCUT2D eigenvalue weighted by atomic mass is 16.2. The number of rotatable bonds is 16. The molecule has 0 bridgehead atoms. The van der Waals surface area contributed by atoms with E-state index < -0.39 is 48.3 Å². The van der Waals surface area contributed by atoms with Crippen molar-refractivity contribution in [1.82, 2.24) is 31.6 Å². The molecule has 0 aliphatic carbocycles. The second kappa shape index (κ2) is 17.0. The van der Waals surface area contributed by atoms with E-state index in [0.717, 1.165) is 22.0 Å². The highest BCUT2D eigenvalue weighted by molar-refractivity contribution is 5.94. The number of carbonyl (C=O) groups is 5. The number of benzene rings is 2. The quantitative estimate of drug-likeness (QED) is 0.126. The SMILES string of the molecule is CC(C)CC(NC(=O)C(Cc1ccccc1)NC(=O)CNC(=O)CNC(=O)C(N)Cc1c[nH]c2ccccc12)C(=O)NC(C)C. The second-order valence-corrected chi connectivity index (χ2v) is 11.8. The Kier molecular flexibility index (Phi) is 13.1. The molecule has 2 aromatic carbocycles. The Morgan fingerprint density at radius 1 is 0.711 bits per heavy atom. The summed E-state index contributed by atoms with van der Waals surface area (Å²) in [4.78, 5) is 67.1. The van der Waals surface area contributed by atoms with Crippen LogP contribution in [-0.2, 0) is 36.8 Å². The maximum Gasteiger partial charge on any atom is 0.243 e. The molecule has 12 heteroatoms. The molecule has 0 saturated heterocycles. The predicted octanol–water partition coefficient (Wildman–Crippen LogP) is 1.05. The van der Waals surface area contributed by atoms with E-state index in [9.17, 15) is 24.0 Å². The van der Waals surface area contributed by atoms with Gasteiger partial charge in [0.15, 0.2) is 0 Å². The van der Waals surface area contributed by atoms with Gasteiger partial charge in [0.1, 0.15) is 12.1 Å². The maximum atomic E-state index is 13.4. The summed E-state index contributed by atoms with van der Waals surface area (Å²) in [6.07, 6.45) is 2.68. The van der Waals surface area contributed by atoms with E-state index in [2.05, 4.69) is 31.6 Å². The standard InChI is InChI=1S/C33H45N7O5/c1-20(2)14-27(32(44)38-21(3)4)40-33(45)28(15-22-10-6-5-7-11-22)39-30(42)19-36-29(41)18-37-31(43)25(34)16-23-17-35-26-13-9-8-12-24(23)26/h5-13,17,20-21,25,27-28,35H,14-16,18-19,34H2,1-4H3,(H,36,41)(H,37,43)(H,38,44)(H,39,42)(H,40,45). The van der Waals surface area contributed by atoms with Gasteiger partial charge in [0.25, 0.3) is 0 Å². The molecule has 8 N–H and O–H groups in total. The van der Waals surface area contributed by atoms with Crippen LogP contribution in [0.1, 0.15) is 45.2 Å². The van der Waals surface area contributed by atoms with Gasteiger partial charge < -0.3 is 37.3 Å². The van der Waals surface area contributed by atoms with Crippen molar-refractivity contribution in [3.8, 4) is 0 Å². The monoisotopic (exact) mass is 619 g/mol. The van der Waals surface area contributed by atoms with Gasteiger partial charge in [0.2, 0.25) is 29.5 Å². The van der Waals surface area contributed by atoms with Gasteiger partial charge in [-0.1, -0.05) is 62.4 Å². The zero-order valence-corrected chi connectivity index (χ0v) is 26.3. The molecule has 1 heterocycles. The van der Waals surface area contributed by atoms with Crippen LogP contribution in [0.2, 0.25) is 0 Å². The maximum absolute atomic E-state index is 13.4. The van der Waals surface area contributed by atoms with Crippen LogP contribution in [0.3, 0.4) is 0 Å². The lowest BCUT2D eigenvalue weighted by atomic mass is 10.0. The molecule has 0 saturated carbocycles. The Labute approximate surface area is 263 Å². The average molecular weight is 620 g/mol. The number of aromatic nitrogens is 1. The van der Waals surface area contributed by atoms with Crippen LogP contribution in [-0.4, -0.2) is 71.8 Å². The van der Waals surface area contributed by atoms with Crippen LogP contribution in [0, 0.1) is 5.92 Å². The van der Waals surface area contributed by atoms with Gasteiger partial charge in [0.05, 0.1) is 19.1 Å². The number of carbonyl (C=O) groups excluding carboxylic acids is 5. The zero-order chi connectivity index (χ0) is 32.9. The van der Waals surface area contributed by atoms with Gasteiger partial charge in [-0.25, -0.2) is 0 Å². The van der Waals surface area contributed by atoms with Crippen LogP contribution in [0.4, 0.5) is 0 Å². The Bertz CT molecular complexity index is 1450. The first-order valence-electron chi connectivity index (χ1n) is 15.2. The van der Waals surface area contributed by atoms with E-state index in [1.807, 2.05) is 82.3 Å². The number of para-hydroxylation sites is 1. The molecule has 5 amide bonds. The average Bonchev–Trinajstić information content (AvgIpc) is 3.40. The smallest absolute Gasteiger partial charge is 0.243 e. The molecule has 1 aromatic heterocycles. The van der Waals surface area contributed by atoms with E-state index in [4.69, 9.17) is 5.73 Å². The molecule has 3 atom stereocenters. The molecule has 3 aromatic rings. The van der Waals surface area contributed by atoms with E-state index in [1.54, 1.807) is 6.20 Å². The normalized spacial score (nSPS) is 13.1. The minimum absolute atomic E-state index is 0.104. The van der Waals surface area contributed by atoms with Gasteiger partial charge >= 0.3 is 0 Å². The lowest BCUT2D eigenvalue weighted by molar-refractivity contribution is -0.132. The number of aromatic amines is 1. The van der Waals surface area contributed by atoms with Crippen LogP contribution >= 0.6 is 0 Å². The highest BCUT2D eigenvalue weighted by Crippen LogP contribution is 2.18. The van der Waals surface area contributed by atoms with E-state index in [0.29, 0.717) is 6.42 Å². The molecule has 0 radical (unpaired) electrons. The Morgan fingerprint density at radius 2 is 1.36 bits per heavy atom. The zero-order valence-electron chi connectivity index (χ0n) is 26.3. The van der Waals surface area contributed by atoms with Crippen molar-refractivity contribution in [2.45, 2.75) is 71.1 Å². The Balaban J connectivity index is 1.53. The van der Waals surface area contributed by atoms with Crippen LogP contribution < -0.4 is 32.3 Å². The summed E-state index contributed by atoms with van der Waals surface area (Å²) in [6, 6.07) is 14.1. The summed E-state index contributed by atoms with van der Waals surface area (Å²) in [5.74, 6) is -2.38. The van der Waals surface area contributed by atoms with E-state index in [-0.39, 0.29) is 37.3 Å². The van der Waals surface area contributed by atoms with Crippen molar-refractivity contribution in [3.63, 3.8) is 0 Å². The highest BCUT2D eigenvalue weighted by Gasteiger charge is 2.28. The molecular formula is C33H45N7O5. The molecule has 0 aliphatic heterocycles. The first-order chi connectivity index (χ1) is 21.4. The van der Waals surface area contributed by atoms with Gasteiger partial charge in [-0.15, -0.1) is 0 Å². The molecule has 12 nitrogen and oxygen atoms in total. The lowest BCUT2D eigenvalue weighted by Crippen LogP contribution is -2.56. The molecule has 242 valence electrons. The van der Waals surface area contributed by atoms with Crippen molar-refractivity contribution < 1.29 is 24.0 Å². The van der Waals surface area contributed by atoms with Crippen molar-refractivity contribution in [3.05, 3.63) is 71.9 Å². The first kappa shape index (κ1) is 34.8. The van der Waals surface area contributed by atoms with E-state index in [1.165, 1.54) is 0 Å². The fourth-order valence-corrected chi connectivity index (χ4v) is 4.83. The van der Waals surface area contributed by atoms with E-state index >= 15 is 0 Å². The molecule has 0 spiro atoms. The van der Waals surface area contributed by atoms with Crippen LogP contribution in [0.15, 0.2) is 60.8 Å². The number of hydrogen-bond acceptors (Lipinski definition) is 6. The van der Waals surface area contributed by atoms with Gasteiger partial charge in [-0.2, -0.15) is 0 Å². The number of nitrogens with two attached hydrogens (primary N) is 1. The fraction of sp³-hybridized carbons (Fsp3) is 0.424. The lowest BCUT2D eigenvalue weighted by Gasteiger charge is -2.25. The minimum Gasteiger partial charge on any atom is -0.361 e. The summed E-state index contributed by atoms with van der Waals surface area (Å²) in [6.45, 7) is 6.79. The molecule has 3 rings (SSSR count). The number of nitrogens with one attached hydrogen (secondary N) is 6. The number of hydrogen-bond donors (Lipinski definition) is 7. The number of H-pyrrole nitrogens is 1.